The highest BCUT2D eigenvalue weighted by Crippen LogP contribution is 1.79. The van der Waals surface area contributed by atoms with Crippen LogP contribution in [0.2, 0.25) is 13.6 Å². The second-order valence-corrected chi connectivity index (χ2v) is 1.94. The zero-order chi connectivity index (χ0) is 4.28. The van der Waals surface area contributed by atoms with Crippen LogP contribution < -0.4 is 0 Å². The monoisotopic (exact) mass is 88.1 g/mol. The van der Waals surface area contributed by atoms with Gasteiger partial charge in [0.1, 0.15) is 6.71 Å². The minimum Gasteiger partial charge on any atom is -0.187 e. The molecule has 5 heavy (non-hydrogen) atoms. The summed E-state index contributed by atoms with van der Waals surface area (Å²) in [6, 6.07) is 0. The molecule has 0 aliphatic heterocycles. The molecular weight excluding hydrogens is 78.9 g/mol. The first kappa shape index (κ1) is 5.41. The van der Waals surface area contributed by atoms with Crippen molar-refractivity contribution in [2.75, 3.05) is 5.65 Å². The van der Waals surface area contributed by atoms with Crippen molar-refractivity contribution < 1.29 is 0 Å². The maximum absolute atomic E-state index is 4.02. The van der Waals surface area contributed by atoms with E-state index in [1.165, 1.54) is 0 Å². The van der Waals surface area contributed by atoms with Gasteiger partial charge >= 0.3 is 0 Å². The Morgan fingerprint density at radius 2 is 1.80 bits per heavy atom. The van der Waals surface area contributed by atoms with E-state index in [2.05, 4.69) is 26.3 Å². The van der Waals surface area contributed by atoms with Gasteiger partial charge < -0.3 is 0 Å². The fourth-order valence-corrected chi connectivity index (χ4v) is 0. The Kier molecular flexibility index (Phi) is 2.86. The third-order valence-corrected chi connectivity index (χ3v) is 1.10. The van der Waals surface area contributed by atoms with Crippen LogP contribution in [0.1, 0.15) is 0 Å². The predicted molar refractivity (Wildman–Crippen MR) is 31.3 cm³/mol. The minimum atomic E-state index is 0.748. The van der Waals surface area contributed by atoms with Gasteiger partial charge in [-0.15, -0.1) is 0 Å². The molecule has 0 saturated heterocycles. The van der Waals surface area contributed by atoms with Gasteiger partial charge in [0, 0.05) is 0 Å². The lowest BCUT2D eigenvalue weighted by molar-refractivity contribution is 1.88. The number of hydrogen-bond donors (Lipinski definition) is 1. The van der Waals surface area contributed by atoms with Crippen molar-refractivity contribution in [1.82, 2.24) is 0 Å². The fraction of sp³-hybridized carbons (Fsp3) is 1.00. The molecule has 0 atom stereocenters. The quantitative estimate of drug-likeness (QED) is 0.361. The molecule has 0 aromatic heterocycles. The summed E-state index contributed by atoms with van der Waals surface area (Å²) in [7, 11) is 0. The molecule has 0 fully saturated rings. The molecule has 0 amide bonds. The topological polar surface area (TPSA) is 0 Å². The van der Waals surface area contributed by atoms with Crippen LogP contribution in [-0.2, 0) is 0 Å². The maximum atomic E-state index is 4.02. The van der Waals surface area contributed by atoms with E-state index in [1.54, 1.807) is 0 Å². The molecule has 0 aromatic carbocycles. The molecule has 2 heteroatoms. The summed E-state index contributed by atoms with van der Waals surface area (Å²) in [5, 5.41) is 0. The molecule has 0 spiro atoms. The van der Waals surface area contributed by atoms with Crippen molar-refractivity contribution >= 4 is 19.3 Å². The van der Waals surface area contributed by atoms with Crippen LogP contribution in [0.5, 0.6) is 0 Å². The maximum Gasteiger partial charge on any atom is 0.144 e. The van der Waals surface area contributed by atoms with Gasteiger partial charge in [0.25, 0.3) is 0 Å². The lowest BCUT2D eigenvalue weighted by atomic mass is 9.57. The standard InChI is InChI=1S/C3H9BS/c1-4(2)3-5/h5H,3H2,1-2H3. The van der Waals surface area contributed by atoms with Crippen LogP contribution in [0.15, 0.2) is 0 Å². The van der Waals surface area contributed by atoms with Gasteiger partial charge in [0.05, 0.1) is 0 Å². The van der Waals surface area contributed by atoms with Crippen LogP contribution in [-0.4, -0.2) is 12.4 Å². The molecule has 0 saturated carbocycles. The Morgan fingerprint density at radius 1 is 1.60 bits per heavy atom. The lowest BCUT2D eigenvalue weighted by Gasteiger charge is -1.83. The molecule has 0 bridgehead atoms. The fourth-order valence-electron chi connectivity index (χ4n) is 0. The van der Waals surface area contributed by atoms with E-state index in [-0.39, 0.29) is 0 Å². The zero-order valence-electron chi connectivity index (χ0n) is 3.73. The molecule has 0 heterocycles. The number of thiol groups is 1. The van der Waals surface area contributed by atoms with Crippen LogP contribution in [0.3, 0.4) is 0 Å². The van der Waals surface area contributed by atoms with Gasteiger partial charge in [-0.1, -0.05) is 13.6 Å². The van der Waals surface area contributed by atoms with Crippen LogP contribution in [0.25, 0.3) is 0 Å². The first-order chi connectivity index (χ1) is 2.27. The average molecular weight is 88.0 g/mol. The molecule has 0 radical (unpaired) electrons. The number of rotatable bonds is 1. The Hall–Kier alpha value is 0.415. The molecule has 0 aromatic rings. The van der Waals surface area contributed by atoms with Gasteiger partial charge in [-0.05, 0) is 5.65 Å². The van der Waals surface area contributed by atoms with E-state index in [1.807, 2.05) is 0 Å². The van der Waals surface area contributed by atoms with Crippen molar-refractivity contribution in [3.63, 3.8) is 0 Å². The van der Waals surface area contributed by atoms with Crippen LogP contribution in [0.4, 0.5) is 0 Å². The second-order valence-electron chi connectivity index (χ2n) is 1.58. The molecule has 0 unspecified atom stereocenters. The van der Waals surface area contributed by atoms with Gasteiger partial charge in [-0.25, -0.2) is 0 Å². The second kappa shape index (κ2) is 2.64. The van der Waals surface area contributed by atoms with Gasteiger partial charge in [0.2, 0.25) is 0 Å². The molecule has 0 nitrogen and oxygen atoms in total. The van der Waals surface area contributed by atoms with Gasteiger partial charge in [0.15, 0.2) is 0 Å². The summed E-state index contributed by atoms with van der Waals surface area (Å²) >= 11 is 4.02. The summed E-state index contributed by atoms with van der Waals surface area (Å²) in [5.41, 5.74) is 1.00. The summed E-state index contributed by atoms with van der Waals surface area (Å²) in [6.45, 7) is 5.04. The molecular formula is C3H9BS. The third kappa shape index (κ3) is 4.41. The summed E-state index contributed by atoms with van der Waals surface area (Å²) in [5.74, 6) is 0. The van der Waals surface area contributed by atoms with Gasteiger partial charge in [-0.3, -0.25) is 0 Å². The zero-order valence-corrected chi connectivity index (χ0v) is 4.63. The summed E-state index contributed by atoms with van der Waals surface area (Å²) in [4.78, 5) is 0. The normalized spacial score (nSPS) is 7.80. The SMILES string of the molecule is CB(C)CS. The molecule has 0 N–H and O–H groups in total. The smallest absolute Gasteiger partial charge is 0.144 e. The number of hydrogen-bond acceptors (Lipinski definition) is 1. The summed E-state index contributed by atoms with van der Waals surface area (Å²) in [6.07, 6.45) is 0. The first-order valence-electron chi connectivity index (χ1n) is 1.88. The van der Waals surface area contributed by atoms with E-state index < -0.39 is 0 Å². The van der Waals surface area contributed by atoms with E-state index >= 15 is 0 Å². The minimum absolute atomic E-state index is 0.748. The van der Waals surface area contributed by atoms with E-state index in [9.17, 15) is 0 Å². The van der Waals surface area contributed by atoms with Crippen LogP contribution >= 0.6 is 12.6 Å². The Balaban J connectivity index is 2.54. The lowest BCUT2D eigenvalue weighted by Crippen LogP contribution is -1.99. The largest absolute Gasteiger partial charge is 0.187 e. The van der Waals surface area contributed by atoms with Crippen molar-refractivity contribution in [3.8, 4) is 0 Å². The Morgan fingerprint density at radius 3 is 1.80 bits per heavy atom. The first-order valence-corrected chi connectivity index (χ1v) is 2.51. The highest BCUT2D eigenvalue weighted by atomic mass is 32.1. The van der Waals surface area contributed by atoms with E-state index in [0.717, 1.165) is 12.4 Å². The van der Waals surface area contributed by atoms with Crippen LogP contribution in [0, 0.1) is 0 Å². The van der Waals surface area contributed by atoms with Crippen molar-refractivity contribution in [1.29, 1.82) is 0 Å². The average Bonchev–Trinajstić information content (AvgIpc) is 1.38. The highest BCUT2D eigenvalue weighted by Gasteiger charge is 1.87. The van der Waals surface area contributed by atoms with E-state index in [0.29, 0.717) is 0 Å². The Labute approximate surface area is 39.4 Å². The highest BCUT2D eigenvalue weighted by molar-refractivity contribution is 7.82. The predicted octanol–water partition coefficient (Wildman–Crippen LogP) is 1.21. The molecule has 30 valence electrons. The van der Waals surface area contributed by atoms with Crippen molar-refractivity contribution in [2.45, 2.75) is 13.6 Å². The van der Waals surface area contributed by atoms with Crippen molar-refractivity contribution in [3.05, 3.63) is 0 Å². The van der Waals surface area contributed by atoms with Gasteiger partial charge in [-0.2, -0.15) is 12.6 Å². The molecule has 0 rings (SSSR count). The Bertz CT molecular complexity index is 20.9. The third-order valence-electron chi connectivity index (χ3n) is 0.365. The van der Waals surface area contributed by atoms with E-state index in [4.69, 9.17) is 0 Å². The van der Waals surface area contributed by atoms with Crippen molar-refractivity contribution in [2.24, 2.45) is 0 Å². The summed E-state index contributed by atoms with van der Waals surface area (Å²) < 4.78 is 0. The molecule has 0 aliphatic rings. The molecule has 0 aliphatic carbocycles.